The third-order valence-corrected chi connectivity index (χ3v) is 1.92. The number of hydrogen-bond donors (Lipinski definition) is 1. The molecular weight excluding hydrogens is 146 g/mol. The molecule has 2 rings (SSSR count). The Morgan fingerprint density at radius 3 is 3.18 bits per heavy atom. The molecule has 0 aromatic heterocycles. The maximum Gasteiger partial charge on any atom is 0.408 e. The van der Waals surface area contributed by atoms with Gasteiger partial charge in [0.05, 0.1) is 12.3 Å². The summed E-state index contributed by atoms with van der Waals surface area (Å²) in [5, 5.41) is 2.66. The molecule has 0 saturated carbocycles. The molecule has 1 fully saturated rings. The lowest BCUT2D eigenvalue weighted by atomic mass is 10.1. The summed E-state index contributed by atoms with van der Waals surface area (Å²) >= 11 is 0. The van der Waals surface area contributed by atoms with Crippen molar-refractivity contribution in [3.05, 3.63) is 12.3 Å². The monoisotopic (exact) mass is 155 g/mol. The van der Waals surface area contributed by atoms with Gasteiger partial charge in [-0.05, 0) is 13.0 Å². The zero-order valence-corrected chi connectivity index (χ0v) is 6.11. The van der Waals surface area contributed by atoms with E-state index >= 15 is 0 Å². The molecule has 0 spiro atoms. The Morgan fingerprint density at radius 2 is 2.45 bits per heavy atom. The van der Waals surface area contributed by atoms with Crippen LogP contribution >= 0.6 is 0 Å². The fourth-order valence-corrected chi connectivity index (χ4v) is 1.33. The molecule has 3 atom stereocenters. The van der Waals surface area contributed by atoms with Crippen molar-refractivity contribution in [3.8, 4) is 0 Å². The number of fused-ring (bicyclic) bond motifs is 1. The van der Waals surface area contributed by atoms with Gasteiger partial charge in [0.2, 0.25) is 0 Å². The first-order valence-corrected chi connectivity index (χ1v) is 3.56. The average Bonchev–Trinajstić information content (AvgIpc) is 2.31. The number of ether oxygens (including phenoxy) is 2. The molecule has 0 radical (unpaired) electrons. The number of hydrogen-bond acceptors (Lipinski definition) is 3. The molecule has 0 unspecified atom stereocenters. The van der Waals surface area contributed by atoms with Gasteiger partial charge >= 0.3 is 6.09 Å². The van der Waals surface area contributed by atoms with Crippen molar-refractivity contribution < 1.29 is 14.3 Å². The van der Waals surface area contributed by atoms with Crippen LogP contribution in [-0.4, -0.2) is 24.3 Å². The summed E-state index contributed by atoms with van der Waals surface area (Å²) in [6.45, 7) is 1.88. The molecular formula is C7H9NO3. The zero-order valence-electron chi connectivity index (χ0n) is 6.11. The Labute approximate surface area is 64.2 Å². The third kappa shape index (κ3) is 0.943. The molecule has 0 aromatic rings. The summed E-state index contributed by atoms with van der Waals surface area (Å²) in [6, 6.07) is -0.00810. The number of rotatable bonds is 0. The summed E-state index contributed by atoms with van der Waals surface area (Å²) in [7, 11) is 0. The lowest BCUT2D eigenvalue weighted by molar-refractivity contribution is 0.0142. The van der Waals surface area contributed by atoms with Crippen LogP contribution in [0.4, 0.5) is 4.79 Å². The fourth-order valence-electron chi connectivity index (χ4n) is 1.33. The Kier molecular flexibility index (Phi) is 1.27. The molecule has 11 heavy (non-hydrogen) atoms. The summed E-state index contributed by atoms with van der Waals surface area (Å²) in [6.07, 6.45) is 2.81. The van der Waals surface area contributed by atoms with E-state index in [9.17, 15) is 4.79 Å². The molecule has 1 saturated heterocycles. The Bertz CT molecular complexity index is 214. The standard InChI is InChI=1S/C7H9NO3/c1-4-6-5(2-3-10-4)8-7(9)11-6/h2-6H,1H3,(H,8,9)/t4-,5+,6-/m0/s1. The van der Waals surface area contributed by atoms with Crippen LogP contribution < -0.4 is 5.32 Å². The summed E-state index contributed by atoms with van der Waals surface area (Å²) in [5.41, 5.74) is 0. The van der Waals surface area contributed by atoms with Crippen LogP contribution in [0.5, 0.6) is 0 Å². The Balaban J connectivity index is 2.19. The van der Waals surface area contributed by atoms with Gasteiger partial charge in [0.15, 0.2) is 6.10 Å². The van der Waals surface area contributed by atoms with Crippen molar-refractivity contribution in [2.75, 3.05) is 0 Å². The predicted molar refractivity (Wildman–Crippen MR) is 36.9 cm³/mol. The largest absolute Gasteiger partial charge is 0.495 e. The van der Waals surface area contributed by atoms with Crippen LogP contribution in [0.2, 0.25) is 0 Å². The number of alkyl carbamates (subject to hydrolysis) is 1. The second-order valence-corrected chi connectivity index (χ2v) is 2.71. The van der Waals surface area contributed by atoms with Gasteiger partial charge in [-0.1, -0.05) is 0 Å². The van der Waals surface area contributed by atoms with Crippen molar-refractivity contribution >= 4 is 6.09 Å². The van der Waals surface area contributed by atoms with Crippen molar-refractivity contribution in [1.29, 1.82) is 0 Å². The molecule has 2 heterocycles. The van der Waals surface area contributed by atoms with Gasteiger partial charge in [-0.2, -0.15) is 0 Å². The van der Waals surface area contributed by atoms with Crippen molar-refractivity contribution in [2.45, 2.75) is 25.2 Å². The van der Waals surface area contributed by atoms with E-state index in [2.05, 4.69) is 5.32 Å². The highest BCUT2D eigenvalue weighted by molar-refractivity contribution is 5.71. The summed E-state index contributed by atoms with van der Waals surface area (Å²) in [4.78, 5) is 10.7. The van der Waals surface area contributed by atoms with E-state index < -0.39 is 0 Å². The average molecular weight is 155 g/mol. The van der Waals surface area contributed by atoms with Crippen LogP contribution in [0.25, 0.3) is 0 Å². The van der Waals surface area contributed by atoms with E-state index in [-0.39, 0.29) is 24.3 Å². The van der Waals surface area contributed by atoms with Gasteiger partial charge < -0.3 is 14.8 Å². The molecule has 2 aliphatic rings. The molecule has 2 aliphatic heterocycles. The molecule has 0 bridgehead atoms. The highest BCUT2D eigenvalue weighted by Crippen LogP contribution is 2.19. The quantitative estimate of drug-likeness (QED) is 0.550. The first-order valence-electron chi connectivity index (χ1n) is 3.56. The highest BCUT2D eigenvalue weighted by atomic mass is 16.6. The molecule has 1 amide bonds. The Hall–Kier alpha value is -1.19. The van der Waals surface area contributed by atoms with E-state index in [0.717, 1.165) is 0 Å². The smallest absolute Gasteiger partial charge is 0.408 e. The van der Waals surface area contributed by atoms with E-state index in [4.69, 9.17) is 9.47 Å². The minimum Gasteiger partial charge on any atom is -0.495 e. The van der Waals surface area contributed by atoms with Crippen LogP contribution in [0, 0.1) is 0 Å². The number of nitrogens with one attached hydrogen (secondary N) is 1. The van der Waals surface area contributed by atoms with Gasteiger partial charge in [-0.25, -0.2) is 4.79 Å². The van der Waals surface area contributed by atoms with Crippen molar-refractivity contribution in [1.82, 2.24) is 5.32 Å². The van der Waals surface area contributed by atoms with Gasteiger partial charge in [0.25, 0.3) is 0 Å². The van der Waals surface area contributed by atoms with E-state index in [1.54, 1.807) is 12.3 Å². The van der Waals surface area contributed by atoms with E-state index in [1.165, 1.54) is 0 Å². The van der Waals surface area contributed by atoms with Crippen molar-refractivity contribution in [2.24, 2.45) is 0 Å². The van der Waals surface area contributed by atoms with Crippen LogP contribution in [0.1, 0.15) is 6.92 Å². The van der Waals surface area contributed by atoms with E-state index in [0.29, 0.717) is 0 Å². The highest BCUT2D eigenvalue weighted by Gasteiger charge is 2.39. The normalized spacial score (nSPS) is 40.5. The lowest BCUT2D eigenvalue weighted by Crippen LogP contribution is -2.39. The number of amides is 1. The van der Waals surface area contributed by atoms with Gasteiger partial charge in [0.1, 0.15) is 6.10 Å². The lowest BCUT2D eigenvalue weighted by Gasteiger charge is -2.24. The molecule has 1 N–H and O–H groups in total. The second-order valence-electron chi connectivity index (χ2n) is 2.71. The summed E-state index contributed by atoms with van der Waals surface area (Å²) < 4.78 is 10.1. The van der Waals surface area contributed by atoms with Crippen LogP contribution in [0.15, 0.2) is 12.3 Å². The van der Waals surface area contributed by atoms with Crippen molar-refractivity contribution in [3.63, 3.8) is 0 Å². The summed E-state index contributed by atoms with van der Waals surface area (Å²) in [5.74, 6) is 0. The second kappa shape index (κ2) is 2.15. The topological polar surface area (TPSA) is 47.6 Å². The van der Waals surface area contributed by atoms with Gasteiger partial charge in [0, 0.05) is 0 Å². The van der Waals surface area contributed by atoms with Gasteiger partial charge in [-0.15, -0.1) is 0 Å². The van der Waals surface area contributed by atoms with Crippen LogP contribution in [-0.2, 0) is 9.47 Å². The first kappa shape index (κ1) is 6.52. The molecule has 60 valence electrons. The minimum atomic E-state index is -0.359. The van der Waals surface area contributed by atoms with Crippen LogP contribution in [0.3, 0.4) is 0 Å². The zero-order chi connectivity index (χ0) is 7.84. The maximum absolute atomic E-state index is 10.7. The molecule has 4 nitrogen and oxygen atoms in total. The fraction of sp³-hybridized carbons (Fsp3) is 0.571. The molecule has 0 aromatic carbocycles. The third-order valence-electron chi connectivity index (χ3n) is 1.92. The first-order chi connectivity index (χ1) is 5.27. The maximum atomic E-state index is 10.7. The predicted octanol–water partition coefficient (Wildman–Crippen LogP) is 0.396. The Morgan fingerprint density at radius 1 is 1.64 bits per heavy atom. The SMILES string of the molecule is C[C@@H]1OC=C[C@H]2NC(=O)O[C@@H]12. The minimum absolute atomic E-state index is 0.00810. The van der Waals surface area contributed by atoms with E-state index in [1.807, 2.05) is 6.92 Å². The molecule has 4 heteroatoms. The number of carbonyl (C=O) groups excluding carboxylic acids is 1. The number of carbonyl (C=O) groups is 1. The van der Waals surface area contributed by atoms with Gasteiger partial charge in [-0.3, -0.25) is 0 Å². The molecule has 0 aliphatic carbocycles.